The summed E-state index contributed by atoms with van der Waals surface area (Å²) in [6, 6.07) is 4.17. The summed E-state index contributed by atoms with van der Waals surface area (Å²) in [7, 11) is -3.94. The number of nitrogens with zero attached hydrogens (tertiary/aromatic N) is 1. The Morgan fingerprint density at radius 1 is 1.30 bits per heavy atom. The van der Waals surface area contributed by atoms with Gasteiger partial charge in [-0.2, -0.15) is 4.31 Å². The van der Waals surface area contributed by atoms with Crippen LogP contribution in [0.1, 0.15) is 65.4 Å². The largest absolute Gasteiger partial charge is 0.489 e. The van der Waals surface area contributed by atoms with E-state index in [4.69, 9.17) is 14.6 Å². The van der Waals surface area contributed by atoms with Crippen LogP contribution < -0.4 is 4.74 Å². The zero-order valence-corrected chi connectivity index (χ0v) is 19.5. The lowest BCUT2D eigenvalue weighted by atomic mass is 10.2. The molecule has 30 heavy (non-hydrogen) atoms. The van der Waals surface area contributed by atoms with E-state index in [9.17, 15) is 13.2 Å². The Kier molecular flexibility index (Phi) is 8.30. The summed E-state index contributed by atoms with van der Waals surface area (Å²) < 4.78 is 39.7. The molecule has 1 N–H and O–H groups in total. The SMILES string of the molecule is Cc1ccc(S(=O)(=O)N2CCC[C@H]2C(=O)OC(C)(C)C)c(O[C@H](C)CCCCO)c1. The second-order valence-corrected chi connectivity index (χ2v) is 10.8. The highest BCUT2D eigenvalue weighted by Gasteiger charge is 2.42. The predicted molar refractivity (Wildman–Crippen MR) is 115 cm³/mol. The van der Waals surface area contributed by atoms with Crippen LogP contribution in [0.5, 0.6) is 5.75 Å². The van der Waals surface area contributed by atoms with Crippen molar-refractivity contribution in [2.75, 3.05) is 13.2 Å². The first-order chi connectivity index (χ1) is 14.0. The van der Waals surface area contributed by atoms with Gasteiger partial charge < -0.3 is 14.6 Å². The molecule has 1 heterocycles. The molecule has 0 amide bonds. The number of aliphatic hydroxyl groups excluding tert-OH is 1. The van der Waals surface area contributed by atoms with Crippen molar-refractivity contribution in [1.29, 1.82) is 0 Å². The molecule has 1 aliphatic rings. The van der Waals surface area contributed by atoms with E-state index in [0.29, 0.717) is 31.4 Å². The van der Waals surface area contributed by atoms with Gasteiger partial charge in [0.15, 0.2) is 0 Å². The third-order valence-corrected chi connectivity index (χ3v) is 6.86. The molecular formula is C22H35NO6S. The third-order valence-electron chi connectivity index (χ3n) is 4.92. The van der Waals surface area contributed by atoms with Crippen molar-refractivity contribution in [1.82, 2.24) is 4.31 Å². The first-order valence-corrected chi connectivity index (χ1v) is 12.0. The standard InChI is InChI=1S/C22H35NO6S/c1-16-11-12-20(19(15-16)28-17(2)9-6-7-14-24)30(26,27)23-13-8-10-18(23)21(25)29-22(3,4)5/h11-12,15,17-18,24H,6-10,13-14H2,1-5H3/t17-,18+/m1/s1. The van der Waals surface area contributed by atoms with E-state index in [1.807, 2.05) is 13.8 Å². The zero-order chi connectivity index (χ0) is 22.5. The molecule has 170 valence electrons. The van der Waals surface area contributed by atoms with Gasteiger partial charge in [-0.1, -0.05) is 6.07 Å². The molecule has 1 aliphatic heterocycles. The fraction of sp³-hybridized carbons (Fsp3) is 0.682. The quantitative estimate of drug-likeness (QED) is 0.466. The van der Waals surface area contributed by atoms with E-state index in [-0.39, 0.29) is 24.2 Å². The average molecular weight is 442 g/mol. The number of carbonyl (C=O) groups is 1. The Labute approximate surface area is 180 Å². The summed E-state index contributed by atoms with van der Waals surface area (Å²) in [5.74, 6) is -0.225. The minimum absolute atomic E-state index is 0.0672. The topological polar surface area (TPSA) is 93.1 Å². The maximum Gasteiger partial charge on any atom is 0.324 e. The van der Waals surface area contributed by atoms with Crippen molar-refractivity contribution in [3.05, 3.63) is 23.8 Å². The third kappa shape index (κ3) is 6.43. The van der Waals surface area contributed by atoms with E-state index in [1.165, 1.54) is 4.31 Å². The number of rotatable bonds is 9. The van der Waals surface area contributed by atoms with Crippen molar-refractivity contribution in [2.24, 2.45) is 0 Å². The fourth-order valence-electron chi connectivity index (χ4n) is 3.50. The number of sulfonamides is 1. The Hall–Kier alpha value is -1.64. The van der Waals surface area contributed by atoms with Crippen molar-refractivity contribution in [3.63, 3.8) is 0 Å². The first kappa shape index (κ1) is 24.6. The molecule has 0 bridgehead atoms. The maximum absolute atomic E-state index is 13.5. The number of ether oxygens (including phenoxy) is 2. The molecule has 8 heteroatoms. The molecule has 1 aromatic rings. The molecule has 2 rings (SSSR count). The number of unbranched alkanes of at least 4 members (excludes halogenated alkanes) is 1. The van der Waals surface area contributed by atoms with Gasteiger partial charge >= 0.3 is 5.97 Å². The summed E-state index contributed by atoms with van der Waals surface area (Å²) in [6.07, 6.45) is 3.01. The first-order valence-electron chi connectivity index (χ1n) is 10.6. The summed E-state index contributed by atoms with van der Waals surface area (Å²) in [4.78, 5) is 12.7. The molecule has 0 unspecified atom stereocenters. The van der Waals surface area contributed by atoms with Gasteiger partial charge in [0.05, 0.1) is 6.10 Å². The summed E-state index contributed by atoms with van der Waals surface area (Å²) in [5.41, 5.74) is 0.202. The Balaban J connectivity index is 2.29. The van der Waals surface area contributed by atoms with Crippen molar-refractivity contribution in [3.8, 4) is 5.75 Å². The van der Waals surface area contributed by atoms with Gasteiger partial charge in [0, 0.05) is 13.2 Å². The molecule has 1 aromatic carbocycles. The highest BCUT2D eigenvalue weighted by molar-refractivity contribution is 7.89. The van der Waals surface area contributed by atoms with Crippen LogP contribution in [0.25, 0.3) is 0 Å². The number of hydrogen-bond acceptors (Lipinski definition) is 6. The Morgan fingerprint density at radius 2 is 2.00 bits per heavy atom. The normalized spacial score (nSPS) is 18.9. The summed E-state index contributed by atoms with van der Waals surface area (Å²) in [5, 5.41) is 8.95. The Bertz CT molecular complexity index is 831. The van der Waals surface area contributed by atoms with Crippen LogP contribution in [0.3, 0.4) is 0 Å². The van der Waals surface area contributed by atoms with Gasteiger partial charge in [-0.25, -0.2) is 8.42 Å². The van der Waals surface area contributed by atoms with Gasteiger partial charge in [0.2, 0.25) is 10.0 Å². The van der Waals surface area contributed by atoms with E-state index < -0.39 is 27.6 Å². The van der Waals surface area contributed by atoms with E-state index in [1.54, 1.807) is 39.0 Å². The molecule has 1 saturated heterocycles. The van der Waals surface area contributed by atoms with E-state index >= 15 is 0 Å². The number of aliphatic hydroxyl groups is 1. The lowest BCUT2D eigenvalue weighted by molar-refractivity contribution is -0.158. The van der Waals surface area contributed by atoms with Crippen LogP contribution in [-0.2, 0) is 19.6 Å². The molecule has 7 nitrogen and oxygen atoms in total. The van der Waals surface area contributed by atoms with Crippen LogP contribution >= 0.6 is 0 Å². The minimum atomic E-state index is -3.94. The smallest absolute Gasteiger partial charge is 0.324 e. The minimum Gasteiger partial charge on any atom is -0.489 e. The monoisotopic (exact) mass is 441 g/mol. The molecule has 0 aliphatic carbocycles. The lowest BCUT2D eigenvalue weighted by Crippen LogP contribution is -2.43. The van der Waals surface area contributed by atoms with Gasteiger partial charge in [0.1, 0.15) is 22.3 Å². The number of hydrogen-bond donors (Lipinski definition) is 1. The molecule has 0 aromatic heterocycles. The van der Waals surface area contributed by atoms with E-state index in [2.05, 4.69) is 0 Å². The summed E-state index contributed by atoms with van der Waals surface area (Å²) in [6.45, 7) is 9.45. The predicted octanol–water partition coefficient (Wildman–Crippen LogP) is 3.42. The molecule has 0 saturated carbocycles. The maximum atomic E-state index is 13.5. The highest BCUT2D eigenvalue weighted by atomic mass is 32.2. The molecule has 2 atom stereocenters. The number of aryl methyl sites for hydroxylation is 1. The molecular weight excluding hydrogens is 406 g/mol. The van der Waals surface area contributed by atoms with Gasteiger partial charge in [-0.05, 0) is 84.4 Å². The number of benzene rings is 1. The van der Waals surface area contributed by atoms with E-state index in [0.717, 1.165) is 12.0 Å². The lowest BCUT2D eigenvalue weighted by Gasteiger charge is -2.28. The number of carbonyl (C=O) groups excluding carboxylic acids is 1. The van der Waals surface area contributed by atoms with Crippen LogP contribution in [0.2, 0.25) is 0 Å². The van der Waals surface area contributed by atoms with Crippen LogP contribution in [0.4, 0.5) is 0 Å². The van der Waals surface area contributed by atoms with Gasteiger partial charge in [-0.15, -0.1) is 0 Å². The molecule has 0 spiro atoms. The van der Waals surface area contributed by atoms with Crippen molar-refractivity contribution < 1.29 is 27.8 Å². The van der Waals surface area contributed by atoms with Gasteiger partial charge in [0.25, 0.3) is 0 Å². The average Bonchev–Trinajstić information content (AvgIpc) is 3.11. The van der Waals surface area contributed by atoms with Gasteiger partial charge in [-0.3, -0.25) is 4.79 Å². The fourth-order valence-corrected chi connectivity index (χ4v) is 5.25. The van der Waals surface area contributed by atoms with Crippen LogP contribution in [-0.4, -0.2) is 54.7 Å². The Morgan fingerprint density at radius 3 is 2.63 bits per heavy atom. The number of esters is 1. The molecule has 0 radical (unpaired) electrons. The zero-order valence-electron chi connectivity index (χ0n) is 18.7. The second kappa shape index (κ2) is 10.1. The van der Waals surface area contributed by atoms with Crippen LogP contribution in [0, 0.1) is 6.92 Å². The summed E-state index contributed by atoms with van der Waals surface area (Å²) >= 11 is 0. The molecule has 1 fully saturated rings. The second-order valence-electron chi connectivity index (χ2n) is 8.91. The van der Waals surface area contributed by atoms with Crippen molar-refractivity contribution in [2.45, 2.75) is 89.4 Å². The van der Waals surface area contributed by atoms with Crippen molar-refractivity contribution >= 4 is 16.0 Å². The highest BCUT2D eigenvalue weighted by Crippen LogP contribution is 2.34. The van der Waals surface area contributed by atoms with Crippen LogP contribution in [0.15, 0.2) is 23.1 Å².